The fourth-order valence-electron chi connectivity index (χ4n) is 3.70. The Morgan fingerprint density at radius 2 is 2.07 bits per heavy atom. The van der Waals surface area contributed by atoms with E-state index in [-0.39, 0.29) is 16.8 Å². The van der Waals surface area contributed by atoms with Gasteiger partial charge in [0.15, 0.2) is 5.16 Å². The summed E-state index contributed by atoms with van der Waals surface area (Å²) in [6, 6.07) is 10.8. The zero-order chi connectivity index (χ0) is 20.7. The van der Waals surface area contributed by atoms with Gasteiger partial charge in [-0.05, 0) is 36.8 Å². The lowest BCUT2D eigenvalue weighted by Gasteiger charge is -2.16. The molecular formula is C20H19N5O3S2. The first-order valence-electron chi connectivity index (χ1n) is 9.79. The second-order valence-corrected chi connectivity index (χ2v) is 9.62. The van der Waals surface area contributed by atoms with Crippen molar-refractivity contribution in [2.45, 2.75) is 42.1 Å². The Hall–Kier alpha value is -2.72. The van der Waals surface area contributed by atoms with Crippen LogP contribution in [0.25, 0.3) is 0 Å². The highest BCUT2D eigenvalue weighted by Crippen LogP contribution is 2.41. The molecule has 2 aromatic heterocycles. The average molecular weight is 442 g/mol. The molecule has 1 aliphatic heterocycles. The lowest BCUT2D eigenvalue weighted by Crippen LogP contribution is -2.28. The minimum atomic E-state index is -0.441. The smallest absolute Gasteiger partial charge is 0.271 e. The molecule has 0 N–H and O–H groups in total. The molecule has 5 rings (SSSR count). The maximum Gasteiger partial charge on any atom is 0.271 e. The molecule has 0 spiro atoms. The second kappa shape index (κ2) is 7.84. The molecule has 1 saturated heterocycles. The monoisotopic (exact) mass is 441 g/mol. The fourth-order valence-corrected chi connectivity index (χ4v) is 5.56. The van der Waals surface area contributed by atoms with Crippen molar-refractivity contribution >= 4 is 40.4 Å². The second-order valence-electron chi connectivity index (χ2n) is 7.42. The minimum absolute atomic E-state index is 0.0110. The van der Waals surface area contributed by atoms with Crippen molar-refractivity contribution in [3.63, 3.8) is 0 Å². The van der Waals surface area contributed by atoms with Crippen LogP contribution in [0.1, 0.15) is 36.0 Å². The lowest BCUT2D eigenvalue weighted by molar-refractivity contribution is -0.384. The number of thioether (sulfide) groups is 1. The predicted octanol–water partition coefficient (Wildman–Crippen LogP) is 4.07. The van der Waals surface area contributed by atoms with Crippen molar-refractivity contribution in [1.82, 2.24) is 14.8 Å². The summed E-state index contributed by atoms with van der Waals surface area (Å²) < 4.78 is 2.20. The van der Waals surface area contributed by atoms with E-state index in [1.807, 2.05) is 6.07 Å². The quantitative estimate of drug-likeness (QED) is 0.405. The SMILES string of the molecule is O=C1C(Sc2nnc(Cc3cccs3)n2C2CC2)CCN1c1cccc([N+](=O)[O-])c1. The number of carbonyl (C=O) groups excluding carboxylic acids is 1. The summed E-state index contributed by atoms with van der Waals surface area (Å²) in [5.41, 5.74) is 0.558. The van der Waals surface area contributed by atoms with Crippen molar-refractivity contribution < 1.29 is 9.72 Å². The number of carbonyl (C=O) groups is 1. The van der Waals surface area contributed by atoms with Crippen molar-refractivity contribution in [2.24, 2.45) is 0 Å². The van der Waals surface area contributed by atoms with Crippen LogP contribution in [0.4, 0.5) is 11.4 Å². The van der Waals surface area contributed by atoms with Crippen LogP contribution in [0.3, 0.4) is 0 Å². The third-order valence-electron chi connectivity index (χ3n) is 5.32. The number of nitro groups is 1. The van der Waals surface area contributed by atoms with Crippen LogP contribution in [0.15, 0.2) is 46.9 Å². The summed E-state index contributed by atoms with van der Waals surface area (Å²) >= 11 is 3.17. The molecule has 0 radical (unpaired) electrons. The molecule has 1 aliphatic carbocycles. The first-order chi connectivity index (χ1) is 14.6. The van der Waals surface area contributed by atoms with Gasteiger partial charge in [-0.1, -0.05) is 23.9 Å². The molecule has 2 aliphatic rings. The van der Waals surface area contributed by atoms with Crippen LogP contribution in [-0.4, -0.2) is 37.4 Å². The van der Waals surface area contributed by atoms with Crippen LogP contribution in [0.5, 0.6) is 0 Å². The fraction of sp³-hybridized carbons (Fsp3) is 0.350. The number of nitrogens with zero attached hydrogens (tertiary/aromatic N) is 5. The van der Waals surface area contributed by atoms with Crippen molar-refractivity contribution in [1.29, 1.82) is 0 Å². The van der Waals surface area contributed by atoms with Crippen LogP contribution in [0, 0.1) is 10.1 Å². The molecular weight excluding hydrogens is 422 g/mol. The van der Waals surface area contributed by atoms with E-state index in [9.17, 15) is 14.9 Å². The maximum atomic E-state index is 13.0. The third kappa shape index (κ3) is 3.72. The van der Waals surface area contributed by atoms with Gasteiger partial charge < -0.3 is 9.47 Å². The number of benzene rings is 1. The summed E-state index contributed by atoms with van der Waals surface area (Å²) in [7, 11) is 0. The number of amides is 1. The average Bonchev–Trinajstić information content (AvgIpc) is 3.12. The van der Waals surface area contributed by atoms with Gasteiger partial charge in [-0.25, -0.2) is 0 Å². The Kier molecular flexibility index (Phi) is 5.03. The minimum Gasteiger partial charge on any atom is -0.311 e. The highest BCUT2D eigenvalue weighted by molar-refractivity contribution is 8.00. The Balaban J connectivity index is 1.34. The van der Waals surface area contributed by atoms with Crippen LogP contribution >= 0.6 is 23.1 Å². The van der Waals surface area contributed by atoms with Crippen molar-refractivity contribution in [3.8, 4) is 0 Å². The molecule has 10 heteroatoms. The zero-order valence-electron chi connectivity index (χ0n) is 16.0. The van der Waals surface area contributed by atoms with Crippen LogP contribution < -0.4 is 4.90 Å². The van der Waals surface area contributed by atoms with Gasteiger partial charge in [-0.15, -0.1) is 21.5 Å². The molecule has 1 amide bonds. The van der Waals surface area contributed by atoms with Gasteiger partial charge >= 0.3 is 0 Å². The van der Waals surface area contributed by atoms with E-state index in [2.05, 4.69) is 26.2 Å². The number of hydrogen-bond acceptors (Lipinski definition) is 7. The van der Waals surface area contributed by atoms with Gasteiger partial charge in [0, 0.05) is 36.0 Å². The number of nitro benzene ring substituents is 1. The van der Waals surface area contributed by atoms with E-state index in [0.717, 1.165) is 30.2 Å². The van der Waals surface area contributed by atoms with Crippen LogP contribution in [-0.2, 0) is 11.2 Å². The third-order valence-corrected chi connectivity index (χ3v) is 7.40. The van der Waals surface area contributed by atoms with E-state index in [1.165, 1.54) is 28.8 Å². The summed E-state index contributed by atoms with van der Waals surface area (Å²) in [6.07, 6.45) is 3.65. The molecule has 1 saturated carbocycles. The summed E-state index contributed by atoms with van der Waals surface area (Å²) in [6.45, 7) is 0.539. The molecule has 1 aromatic carbocycles. The van der Waals surface area contributed by atoms with E-state index < -0.39 is 4.92 Å². The summed E-state index contributed by atoms with van der Waals surface area (Å²) in [5.74, 6) is 0.911. The highest BCUT2D eigenvalue weighted by Gasteiger charge is 2.37. The standard InChI is InChI=1S/C20H19N5O3S2/c26-19-17(8-9-23(19)14-3-1-4-15(11-14)25(27)28)30-20-22-21-18(24(20)13-6-7-13)12-16-5-2-10-29-16/h1-5,10-11,13,17H,6-9,12H2. The van der Waals surface area contributed by atoms with Gasteiger partial charge in [0.05, 0.1) is 15.9 Å². The molecule has 0 bridgehead atoms. The van der Waals surface area contributed by atoms with Crippen molar-refractivity contribution in [3.05, 3.63) is 62.6 Å². The lowest BCUT2D eigenvalue weighted by atomic mass is 10.2. The molecule has 3 aromatic rings. The van der Waals surface area contributed by atoms with E-state index >= 15 is 0 Å². The first kappa shape index (κ1) is 19.3. The summed E-state index contributed by atoms with van der Waals surface area (Å²) in [4.78, 5) is 26.5. The first-order valence-corrected chi connectivity index (χ1v) is 11.5. The maximum absolute atomic E-state index is 13.0. The molecule has 1 atom stereocenters. The number of non-ortho nitro benzene ring substituents is 1. The summed E-state index contributed by atoms with van der Waals surface area (Å²) in [5, 5.41) is 22.5. The Labute approximate surface area is 181 Å². The van der Waals surface area contributed by atoms with Gasteiger partial charge in [0.1, 0.15) is 5.82 Å². The van der Waals surface area contributed by atoms with E-state index in [1.54, 1.807) is 28.4 Å². The Morgan fingerprint density at radius 3 is 2.80 bits per heavy atom. The Bertz CT molecular complexity index is 1090. The van der Waals surface area contributed by atoms with Crippen LogP contribution in [0.2, 0.25) is 0 Å². The number of hydrogen-bond donors (Lipinski definition) is 0. The van der Waals surface area contributed by atoms with Gasteiger partial charge in [-0.2, -0.15) is 0 Å². The normalized spacial score (nSPS) is 18.9. The van der Waals surface area contributed by atoms with E-state index in [0.29, 0.717) is 24.7 Å². The van der Waals surface area contributed by atoms with E-state index in [4.69, 9.17) is 0 Å². The number of aromatic nitrogens is 3. The number of thiophene rings is 1. The van der Waals surface area contributed by atoms with Crippen molar-refractivity contribution in [2.75, 3.05) is 11.4 Å². The molecule has 3 heterocycles. The Morgan fingerprint density at radius 1 is 1.20 bits per heavy atom. The molecule has 30 heavy (non-hydrogen) atoms. The van der Waals surface area contributed by atoms with Gasteiger partial charge in [-0.3, -0.25) is 14.9 Å². The largest absolute Gasteiger partial charge is 0.311 e. The molecule has 1 unspecified atom stereocenters. The molecule has 154 valence electrons. The highest BCUT2D eigenvalue weighted by atomic mass is 32.2. The van der Waals surface area contributed by atoms with Gasteiger partial charge in [0.25, 0.3) is 5.69 Å². The number of rotatable bonds is 7. The zero-order valence-corrected chi connectivity index (χ0v) is 17.6. The topological polar surface area (TPSA) is 94.2 Å². The number of anilines is 1. The molecule has 8 nitrogen and oxygen atoms in total. The molecule has 2 fully saturated rings. The predicted molar refractivity (Wildman–Crippen MR) is 115 cm³/mol. The van der Waals surface area contributed by atoms with Gasteiger partial charge in [0.2, 0.25) is 5.91 Å².